The summed E-state index contributed by atoms with van der Waals surface area (Å²) in [5.41, 5.74) is 2.98. The van der Waals surface area contributed by atoms with Crippen molar-refractivity contribution in [3.05, 3.63) is 64.6 Å². The highest BCUT2D eigenvalue weighted by molar-refractivity contribution is 8.00. The maximum Gasteiger partial charge on any atom is 0.326 e. The number of imidazole rings is 1. The molecule has 1 N–H and O–H groups in total. The molecule has 5 nitrogen and oxygen atoms in total. The summed E-state index contributed by atoms with van der Waals surface area (Å²) in [6.45, 7) is 3.45. The van der Waals surface area contributed by atoms with E-state index < -0.39 is 0 Å². The molecule has 2 aromatic carbocycles. The van der Waals surface area contributed by atoms with Crippen LogP contribution in [0.15, 0.2) is 58.2 Å². The van der Waals surface area contributed by atoms with Crippen molar-refractivity contribution >= 4 is 28.7 Å². The molecule has 0 aliphatic carbocycles. The van der Waals surface area contributed by atoms with E-state index in [2.05, 4.69) is 36.2 Å². The van der Waals surface area contributed by atoms with Crippen LogP contribution in [0.1, 0.15) is 24.4 Å². The van der Waals surface area contributed by atoms with Gasteiger partial charge in [0, 0.05) is 24.0 Å². The Morgan fingerprint density at radius 2 is 1.81 bits per heavy atom. The third kappa shape index (κ3) is 3.81. The first-order valence-electron chi connectivity index (χ1n) is 9.28. The summed E-state index contributed by atoms with van der Waals surface area (Å²) in [4.78, 5) is 30.9. The third-order valence-electron chi connectivity index (χ3n) is 5.19. The number of carbonyl (C=O) groups is 1. The van der Waals surface area contributed by atoms with Crippen molar-refractivity contribution in [1.29, 1.82) is 0 Å². The Hall–Kier alpha value is -2.47. The zero-order valence-electron chi connectivity index (χ0n) is 15.4. The summed E-state index contributed by atoms with van der Waals surface area (Å²) in [5.74, 6) is 0.631. The second-order valence-corrected chi connectivity index (χ2v) is 8.08. The highest BCUT2D eigenvalue weighted by Crippen LogP contribution is 2.26. The van der Waals surface area contributed by atoms with Crippen LogP contribution in [0.3, 0.4) is 0 Å². The molecule has 1 amide bonds. The summed E-state index contributed by atoms with van der Waals surface area (Å²) in [5, 5.41) is 0. The standard InChI is InChI=1S/C21H23N3O2S/c1-15-6-8-17(9-7-15)27-14-20(25)23-12-10-16(11-13-23)24-19-5-3-2-4-18(19)22-21(24)26/h2-9,16H,10-14H2,1H3,(H,22,26). The normalized spacial score (nSPS) is 15.4. The lowest BCUT2D eigenvalue weighted by Crippen LogP contribution is -2.41. The van der Waals surface area contributed by atoms with Gasteiger partial charge in [0.1, 0.15) is 0 Å². The largest absolute Gasteiger partial charge is 0.342 e. The number of aromatic amines is 1. The molecular formula is C21H23N3O2S. The molecule has 1 saturated heterocycles. The van der Waals surface area contributed by atoms with Crippen molar-refractivity contribution in [2.75, 3.05) is 18.8 Å². The lowest BCUT2D eigenvalue weighted by molar-refractivity contribution is -0.129. The number of hydrogen-bond acceptors (Lipinski definition) is 3. The molecule has 1 aliphatic heterocycles. The quantitative estimate of drug-likeness (QED) is 0.703. The van der Waals surface area contributed by atoms with Gasteiger partial charge in [-0.05, 0) is 44.0 Å². The first-order chi connectivity index (χ1) is 13.1. The summed E-state index contributed by atoms with van der Waals surface area (Å²) in [6.07, 6.45) is 1.62. The second kappa shape index (κ2) is 7.64. The van der Waals surface area contributed by atoms with E-state index in [0.29, 0.717) is 18.8 Å². The lowest BCUT2D eigenvalue weighted by atomic mass is 10.0. The fraction of sp³-hybridized carbons (Fsp3) is 0.333. The molecule has 0 spiro atoms. The van der Waals surface area contributed by atoms with Crippen molar-refractivity contribution in [3.8, 4) is 0 Å². The van der Waals surface area contributed by atoms with Gasteiger partial charge in [-0.1, -0.05) is 29.8 Å². The molecule has 0 bridgehead atoms. The summed E-state index contributed by atoms with van der Waals surface area (Å²) < 4.78 is 1.86. The molecule has 27 heavy (non-hydrogen) atoms. The lowest BCUT2D eigenvalue weighted by Gasteiger charge is -2.32. The molecule has 1 fully saturated rings. The van der Waals surface area contributed by atoms with Crippen LogP contribution in [0.5, 0.6) is 0 Å². The SMILES string of the molecule is Cc1ccc(SCC(=O)N2CCC(n3c(=O)[nH]c4ccccc43)CC2)cc1. The first kappa shape index (κ1) is 17.9. The van der Waals surface area contributed by atoms with Crippen LogP contribution >= 0.6 is 11.8 Å². The summed E-state index contributed by atoms with van der Waals surface area (Å²) in [6, 6.07) is 16.2. The molecule has 0 radical (unpaired) electrons. The Morgan fingerprint density at radius 3 is 2.56 bits per heavy atom. The van der Waals surface area contributed by atoms with E-state index in [-0.39, 0.29) is 17.6 Å². The van der Waals surface area contributed by atoms with Gasteiger partial charge >= 0.3 is 5.69 Å². The van der Waals surface area contributed by atoms with Crippen molar-refractivity contribution in [1.82, 2.24) is 14.5 Å². The van der Waals surface area contributed by atoms with Crippen LogP contribution < -0.4 is 5.69 Å². The molecule has 0 saturated carbocycles. The number of para-hydroxylation sites is 2. The number of nitrogens with zero attached hydrogens (tertiary/aromatic N) is 2. The fourth-order valence-electron chi connectivity index (χ4n) is 3.68. The molecular weight excluding hydrogens is 358 g/mol. The van der Waals surface area contributed by atoms with Gasteiger partial charge < -0.3 is 9.88 Å². The molecule has 3 aromatic rings. The van der Waals surface area contributed by atoms with E-state index in [1.807, 2.05) is 33.7 Å². The van der Waals surface area contributed by atoms with Gasteiger partial charge in [0.25, 0.3) is 0 Å². The number of piperidine rings is 1. The number of rotatable bonds is 4. The maximum absolute atomic E-state index is 12.5. The number of aryl methyl sites for hydroxylation is 1. The van der Waals surface area contributed by atoms with E-state index in [9.17, 15) is 9.59 Å². The Bertz CT molecular complexity index is 998. The van der Waals surface area contributed by atoms with Gasteiger partial charge in [0.05, 0.1) is 16.8 Å². The minimum absolute atomic E-state index is 0.0593. The number of thioether (sulfide) groups is 1. The average molecular weight is 382 g/mol. The summed E-state index contributed by atoms with van der Waals surface area (Å²) in [7, 11) is 0. The predicted molar refractivity (Wildman–Crippen MR) is 109 cm³/mol. The number of benzene rings is 2. The van der Waals surface area contributed by atoms with Crippen LogP contribution in [-0.2, 0) is 4.79 Å². The number of nitrogens with one attached hydrogen (secondary N) is 1. The fourth-order valence-corrected chi connectivity index (χ4v) is 4.48. The number of aromatic nitrogens is 2. The smallest absolute Gasteiger partial charge is 0.326 e. The molecule has 0 atom stereocenters. The number of hydrogen-bond donors (Lipinski definition) is 1. The number of carbonyl (C=O) groups excluding carboxylic acids is 1. The van der Waals surface area contributed by atoms with Crippen LogP contribution in [-0.4, -0.2) is 39.2 Å². The Kier molecular flexibility index (Phi) is 5.07. The monoisotopic (exact) mass is 381 g/mol. The third-order valence-corrected chi connectivity index (χ3v) is 6.19. The molecule has 4 rings (SSSR count). The Labute approximate surface area is 162 Å². The predicted octanol–water partition coefficient (Wildman–Crippen LogP) is 3.59. The van der Waals surface area contributed by atoms with Crippen LogP contribution in [0.25, 0.3) is 11.0 Å². The van der Waals surface area contributed by atoms with E-state index in [4.69, 9.17) is 0 Å². The Balaban J connectivity index is 1.37. The first-order valence-corrected chi connectivity index (χ1v) is 10.3. The van der Waals surface area contributed by atoms with E-state index in [1.165, 1.54) is 5.56 Å². The zero-order valence-corrected chi connectivity index (χ0v) is 16.2. The van der Waals surface area contributed by atoms with E-state index >= 15 is 0 Å². The number of amides is 1. The minimum Gasteiger partial charge on any atom is -0.342 e. The zero-order chi connectivity index (χ0) is 18.8. The van der Waals surface area contributed by atoms with Gasteiger partial charge in [-0.2, -0.15) is 0 Å². The molecule has 140 valence electrons. The van der Waals surface area contributed by atoms with Gasteiger partial charge in [-0.15, -0.1) is 11.8 Å². The molecule has 2 heterocycles. The second-order valence-electron chi connectivity index (χ2n) is 7.03. The van der Waals surface area contributed by atoms with Gasteiger partial charge in [-0.3, -0.25) is 9.36 Å². The molecule has 6 heteroatoms. The topological polar surface area (TPSA) is 58.1 Å². The number of fused-ring (bicyclic) bond motifs is 1. The van der Waals surface area contributed by atoms with Crippen LogP contribution in [0, 0.1) is 6.92 Å². The van der Waals surface area contributed by atoms with Crippen molar-refractivity contribution < 1.29 is 4.79 Å². The number of likely N-dealkylation sites (tertiary alicyclic amines) is 1. The van der Waals surface area contributed by atoms with Crippen molar-refractivity contribution in [2.24, 2.45) is 0 Å². The van der Waals surface area contributed by atoms with Crippen LogP contribution in [0.4, 0.5) is 0 Å². The van der Waals surface area contributed by atoms with E-state index in [1.54, 1.807) is 11.8 Å². The van der Waals surface area contributed by atoms with Gasteiger partial charge in [0.15, 0.2) is 0 Å². The molecule has 1 aromatic heterocycles. The number of H-pyrrole nitrogens is 1. The van der Waals surface area contributed by atoms with Gasteiger partial charge in [-0.25, -0.2) is 4.79 Å². The molecule has 1 aliphatic rings. The minimum atomic E-state index is -0.0593. The van der Waals surface area contributed by atoms with E-state index in [0.717, 1.165) is 28.8 Å². The highest BCUT2D eigenvalue weighted by atomic mass is 32.2. The highest BCUT2D eigenvalue weighted by Gasteiger charge is 2.25. The Morgan fingerprint density at radius 1 is 1.11 bits per heavy atom. The van der Waals surface area contributed by atoms with Crippen LogP contribution in [0.2, 0.25) is 0 Å². The molecule has 0 unspecified atom stereocenters. The van der Waals surface area contributed by atoms with Crippen molar-refractivity contribution in [2.45, 2.75) is 30.7 Å². The van der Waals surface area contributed by atoms with Crippen molar-refractivity contribution in [3.63, 3.8) is 0 Å². The average Bonchev–Trinajstić information content (AvgIpc) is 3.03. The maximum atomic E-state index is 12.5. The summed E-state index contributed by atoms with van der Waals surface area (Å²) >= 11 is 1.58. The van der Waals surface area contributed by atoms with Gasteiger partial charge in [0.2, 0.25) is 5.91 Å².